The van der Waals surface area contributed by atoms with E-state index in [2.05, 4.69) is 17.9 Å². The lowest BCUT2D eigenvalue weighted by Crippen LogP contribution is -2.38. The number of hydrogen-bond acceptors (Lipinski definition) is 4. The molecule has 5 heteroatoms. The van der Waals surface area contributed by atoms with Gasteiger partial charge >= 0.3 is 6.09 Å². The van der Waals surface area contributed by atoms with Crippen LogP contribution in [0.15, 0.2) is 24.3 Å². The minimum Gasteiger partial charge on any atom is -0.444 e. The van der Waals surface area contributed by atoms with Crippen LogP contribution in [0.2, 0.25) is 0 Å². The number of carbonyl (C=O) groups is 1. The highest BCUT2D eigenvalue weighted by molar-refractivity contribution is 5.68. The van der Waals surface area contributed by atoms with Crippen LogP contribution in [-0.2, 0) is 11.3 Å². The zero-order valence-corrected chi connectivity index (χ0v) is 15.6. The molecule has 0 radical (unpaired) electrons. The molecule has 0 saturated carbocycles. The summed E-state index contributed by atoms with van der Waals surface area (Å²) in [4.78, 5) is 16.7. The van der Waals surface area contributed by atoms with Crippen molar-refractivity contribution >= 4 is 6.09 Å². The maximum atomic E-state index is 12.3. The van der Waals surface area contributed by atoms with E-state index in [0.29, 0.717) is 11.5 Å². The van der Waals surface area contributed by atoms with Crippen molar-refractivity contribution in [3.05, 3.63) is 35.4 Å². The second-order valence-corrected chi connectivity index (χ2v) is 8.69. The van der Waals surface area contributed by atoms with Gasteiger partial charge in [-0.05, 0) is 44.4 Å². The molecule has 1 aromatic carbocycles. The van der Waals surface area contributed by atoms with Gasteiger partial charge in [0.2, 0.25) is 0 Å². The number of nitriles is 1. The lowest BCUT2D eigenvalue weighted by Gasteiger charge is -2.28. The average molecular weight is 341 g/mol. The van der Waals surface area contributed by atoms with Crippen molar-refractivity contribution in [2.24, 2.45) is 11.3 Å². The molecule has 2 saturated heterocycles. The molecule has 0 spiro atoms. The van der Waals surface area contributed by atoms with Crippen molar-refractivity contribution in [2.75, 3.05) is 26.2 Å². The molecule has 0 N–H and O–H groups in total. The Morgan fingerprint density at radius 1 is 1.28 bits per heavy atom. The number of fused-ring (bicyclic) bond motifs is 1. The summed E-state index contributed by atoms with van der Waals surface area (Å²) in [6, 6.07) is 9.96. The van der Waals surface area contributed by atoms with E-state index in [1.165, 1.54) is 5.56 Å². The van der Waals surface area contributed by atoms with Gasteiger partial charge in [-0.15, -0.1) is 0 Å². The standard InChI is InChI=1S/C20H27N3O2/c1-19(2,3)25-18(24)23-12-17-11-22(13-20(17,4)14-23)10-16-7-5-15(9-21)6-8-16/h5-8,17H,10-14H2,1-4H3. The van der Waals surface area contributed by atoms with E-state index in [1.807, 2.05) is 49.9 Å². The summed E-state index contributed by atoms with van der Waals surface area (Å²) >= 11 is 0. The molecule has 134 valence electrons. The maximum Gasteiger partial charge on any atom is 0.410 e. The lowest BCUT2D eigenvalue weighted by molar-refractivity contribution is 0.0262. The van der Waals surface area contributed by atoms with Crippen molar-refractivity contribution in [1.29, 1.82) is 5.26 Å². The molecule has 2 fully saturated rings. The maximum absolute atomic E-state index is 12.3. The summed E-state index contributed by atoms with van der Waals surface area (Å²) in [5.41, 5.74) is 1.61. The summed E-state index contributed by atoms with van der Waals surface area (Å²) in [7, 11) is 0. The first kappa shape index (κ1) is 17.8. The summed E-state index contributed by atoms with van der Waals surface area (Å²) in [5.74, 6) is 0.485. The van der Waals surface area contributed by atoms with Gasteiger partial charge in [-0.25, -0.2) is 4.79 Å². The van der Waals surface area contributed by atoms with Crippen molar-refractivity contribution < 1.29 is 9.53 Å². The number of likely N-dealkylation sites (tertiary alicyclic amines) is 2. The molecule has 2 heterocycles. The first-order valence-electron chi connectivity index (χ1n) is 8.88. The van der Waals surface area contributed by atoms with Gasteiger partial charge in [0, 0.05) is 38.1 Å². The smallest absolute Gasteiger partial charge is 0.410 e. The monoisotopic (exact) mass is 341 g/mol. The van der Waals surface area contributed by atoms with Crippen LogP contribution in [0, 0.1) is 22.7 Å². The Morgan fingerprint density at radius 3 is 2.52 bits per heavy atom. The third-order valence-corrected chi connectivity index (χ3v) is 5.18. The van der Waals surface area contributed by atoms with Gasteiger partial charge in [0.05, 0.1) is 11.6 Å². The number of ether oxygens (including phenoxy) is 1. The van der Waals surface area contributed by atoms with E-state index in [4.69, 9.17) is 10.00 Å². The summed E-state index contributed by atoms with van der Waals surface area (Å²) in [6.45, 7) is 12.4. The van der Waals surface area contributed by atoms with Gasteiger partial charge in [0.1, 0.15) is 5.60 Å². The number of carbonyl (C=O) groups excluding carboxylic acids is 1. The van der Waals surface area contributed by atoms with Gasteiger partial charge in [-0.1, -0.05) is 19.1 Å². The summed E-state index contributed by atoms with van der Waals surface area (Å²) in [6.07, 6.45) is -0.193. The van der Waals surface area contributed by atoms with Crippen molar-refractivity contribution in [3.8, 4) is 6.07 Å². The predicted molar refractivity (Wildman–Crippen MR) is 95.8 cm³/mol. The topological polar surface area (TPSA) is 56.6 Å². The van der Waals surface area contributed by atoms with Crippen LogP contribution in [0.5, 0.6) is 0 Å². The Hall–Kier alpha value is -2.06. The second-order valence-electron chi connectivity index (χ2n) is 8.69. The molecule has 2 atom stereocenters. The first-order chi connectivity index (χ1) is 11.7. The molecule has 5 nitrogen and oxygen atoms in total. The fourth-order valence-electron chi connectivity index (χ4n) is 3.99. The minimum absolute atomic E-state index is 0.128. The SMILES string of the molecule is CC(C)(C)OC(=O)N1CC2CN(Cc3ccc(C#N)cc3)CC2(C)C1. The van der Waals surface area contributed by atoms with E-state index in [0.717, 1.165) is 32.7 Å². The van der Waals surface area contributed by atoms with Crippen LogP contribution in [0.25, 0.3) is 0 Å². The van der Waals surface area contributed by atoms with Crippen molar-refractivity contribution in [2.45, 2.75) is 39.8 Å². The fourth-order valence-corrected chi connectivity index (χ4v) is 3.99. The molecule has 2 unspecified atom stereocenters. The van der Waals surface area contributed by atoms with Gasteiger partial charge in [0.25, 0.3) is 0 Å². The van der Waals surface area contributed by atoms with E-state index in [-0.39, 0.29) is 11.5 Å². The summed E-state index contributed by atoms with van der Waals surface area (Å²) in [5, 5.41) is 8.89. The molecule has 0 aromatic heterocycles. The van der Waals surface area contributed by atoms with Gasteiger partial charge in [0.15, 0.2) is 0 Å². The number of nitrogens with zero attached hydrogens (tertiary/aromatic N) is 3. The first-order valence-corrected chi connectivity index (χ1v) is 8.88. The predicted octanol–water partition coefficient (Wildman–Crippen LogP) is 3.25. The van der Waals surface area contributed by atoms with Crippen LogP contribution >= 0.6 is 0 Å². The Kier molecular flexibility index (Phi) is 4.51. The molecule has 1 aromatic rings. The van der Waals surface area contributed by atoms with Gasteiger partial charge in [-0.2, -0.15) is 5.26 Å². The summed E-state index contributed by atoms with van der Waals surface area (Å²) < 4.78 is 5.52. The molecular weight excluding hydrogens is 314 g/mol. The molecule has 2 aliphatic rings. The minimum atomic E-state index is -0.447. The molecule has 2 aliphatic heterocycles. The second kappa shape index (κ2) is 6.34. The fraction of sp³-hybridized carbons (Fsp3) is 0.600. The Bertz CT molecular complexity index is 686. The van der Waals surface area contributed by atoms with Crippen LogP contribution in [-0.4, -0.2) is 47.7 Å². The van der Waals surface area contributed by atoms with Gasteiger partial charge < -0.3 is 9.64 Å². The third-order valence-electron chi connectivity index (χ3n) is 5.18. The molecule has 0 bridgehead atoms. The Morgan fingerprint density at radius 2 is 1.96 bits per heavy atom. The van der Waals surface area contributed by atoms with E-state index >= 15 is 0 Å². The van der Waals surface area contributed by atoms with E-state index in [1.54, 1.807) is 0 Å². The Balaban J connectivity index is 1.58. The normalized spacial score (nSPS) is 26.4. The number of rotatable bonds is 2. The van der Waals surface area contributed by atoms with Gasteiger partial charge in [-0.3, -0.25) is 4.90 Å². The molecule has 1 amide bonds. The molecule has 0 aliphatic carbocycles. The van der Waals surface area contributed by atoms with E-state index < -0.39 is 5.60 Å². The van der Waals surface area contributed by atoms with Crippen molar-refractivity contribution in [3.63, 3.8) is 0 Å². The third kappa shape index (κ3) is 3.96. The van der Waals surface area contributed by atoms with Crippen LogP contribution in [0.1, 0.15) is 38.8 Å². The van der Waals surface area contributed by atoms with Crippen molar-refractivity contribution in [1.82, 2.24) is 9.80 Å². The zero-order chi connectivity index (χ0) is 18.2. The van der Waals surface area contributed by atoms with Crippen LogP contribution < -0.4 is 0 Å². The van der Waals surface area contributed by atoms with Crippen LogP contribution in [0.3, 0.4) is 0 Å². The zero-order valence-electron chi connectivity index (χ0n) is 15.6. The molecule has 3 rings (SSSR count). The largest absolute Gasteiger partial charge is 0.444 e. The lowest BCUT2D eigenvalue weighted by atomic mass is 9.83. The van der Waals surface area contributed by atoms with Crippen LogP contribution in [0.4, 0.5) is 4.79 Å². The highest BCUT2D eigenvalue weighted by atomic mass is 16.6. The average Bonchev–Trinajstić information content (AvgIpc) is 2.97. The highest BCUT2D eigenvalue weighted by Crippen LogP contribution is 2.42. The molecule has 25 heavy (non-hydrogen) atoms. The quantitative estimate of drug-likeness (QED) is 0.828. The number of amides is 1. The highest BCUT2D eigenvalue weighted by Gasteiger charge is 2.50. The van der Waals surface area contributed by atoms with E-state index in [9.17, 15) is 4.79 Å². The number of benzene rings is 1. The Labute approximate surface area is 150 Å². The molecular formula is C20H27N3O2. The number of hydrogen-bond donors (Lipinski definition) is 0.